The second-order valence-electron chi connectivity index (χ2n) is 4.10. The molecule has 1 aromatic heterocycles. The Balaban J connectivity index is 2.28. The van der Waals surface area contributed by atoms with Crippen LogP contribution >= 0.6 is 11.6 Å². The average molecular weight is 225 g/mol. The zero-order valence-electron chi connectivity index (χ0n) is 9.33. The first kappa shape index (κ1) is 10.9. The molecule has 0 amide bonds. The maximum Gasteiger partial charge on any atom is 0.129 e. The van der Waals surface area contributed by atoms with Gasteiger partial charge in [-0.3, -0.25) is 4.90 Å². The molecule has 2 rings (SSSR count). The molecule has 0 bridgehead atoms. The van der Waals surface area contributed by atoms with Gasteiger partial charge < -0.3 is 0 Å². The molecule has 2 nitrogen and oxygen atoms in total. The molecule has 15 heavy (non-hydrogen) atoms. The maximum atomic E-state index is 5.87. The van der Waals surface area contributed by atoms with Crippen LogP contribution in [0.5, 0.6) is 0 Å². The third-order valence-electron chi connectivity index (χ3n) is 3.22. The van der Waals surface area contributed by atoms with Crippen LogP contribution in [-0.2, 0) is 0 Å². The molecular formula is C12H17ClN2. The number of nitrogens with zero attached hydrogens (tertiary/aromatic N) is 2. The van der Waals surface area contributed by atoms with E-state index in [2.05, 4.69) is 22.9 Å². The fourth-order valence-corrected chi connectivity index (χ4v) is 2.64. The van der Waals surface area contributed by atoms with Crippen molar-refractivity contribution in [3.63, 3.8) is 0 Å². The maximum absolute atomic E-state index is 5.87. The Hall–Kier alpha value is -0.600. The Labute approximate surface area is 96.3 Å². The molecule has 0 aromatic carbocycles. The van der Waals surface area contributed by atoms with Crippen LogP contribution in [0.3, 0.4) is 0 Å². The summed E-state index contributed by atoms with van der Waals surface area (Å²) in [7, 11) is 0. The van der Waals surface area contributed by atoms with Crippen molar-refractivity contribution < 1.29 is 0 Å². The summed E-state index contributed by atoms with van der Waals surface area (Å²) >= 11 is 5.87. The molecule has 1 aliphatic rings. The summed E-state index contributed by atoms with van der Waals surface area (Å²) in [6, 6.07) is 4.58. The van der Waals surface area contributed by atoms with E-state index in [0.717, 1.165) is 12.2 Å². The van der Waals surface area contributed by atoms with Crippen molar-refractivity contribution in [2.75, 3.05) is 13.1 Å². The minimum Gasteiger partial charge on any atom is -0.297 e. The van der Waals surface area contributed by atoms with E-state index in [0.29, 0.717) is 11.2 Å². The molecule has 3 heteroatoms. The molecule has 0 N–H and O–H groups in total. The van der Waals surface area contributed by atoms with Crippen molar-refractivity contribution in [2.24, 2.45) is 0 Å². The lowest BCUT2D eigenvalue weighted by Crippen LogP contribution is -2.23. The Bertz CT molecular complexity index is 351. The lowest BCUT2D eigenvalue weighted by atomic mass is 10.0. The van der Waals surface area contributed by atoms with Crippen LogP contribution in [0, 0.1) is 6.92 Å². The quantitative estimate of drug-likeness (QED) is 0.718. The van der Waals surface area contributed by atoms with Gasteiger partial charge in [-0.15, -0.1) is 0 Å². The summed E-state index contributed by atoms with van der Waals surface area (Å²) in [6.45, 7) is 6.60. The topological polar surface area (TPSA) is 16.1 Å². The molecule has 0 saturated carbocycles. The Morgan fingerprint density at radius 3 is 3.00 bits per heavy atom. The van der Waals surface area contributed by atoms with Crippen molar-refractivity contribution in [1.29, 1.82) is 0 Å². The highest BCUT2D eigenvalue weighted by atomic mass is 35.5. The molecule has 0 unspecified atom stereocenters. The summed E-state index contributed by atoms with van der Waals surface area (Å²) in [4.78, 5) is 6.84. The Morgan fingerprint density at radius 1 is 1.53 bits per heavy atom. The van der Waals surface area contributed by atoms with Gasteiger partial charge in [-0.05, 0) is 44.5 Å². The fourth-order valence-electron chi connectivity index (χ4n) is 2.45. The second kappa shape index (κ2) is 4.50. The van der Waals surface area contributed by atoms with Crippen LogP contribution in [0.15, 0.2) is 12.1 Å². The largest absolute Gasteiger partial charge is 0.297 e. The van der Waals surface area contributed by atoms with E-state index in [1.54, 1.807) is 0 Å². The van der Waals surface area contributed by atoms with E-state index < -0.39 is 0 Å². The van der Waals surface area contributed by atoms with Crippen molar-refractivity contribution >= 4 is 11.6 Å². The van der Waals surface area contributed by atoms with E-state index in [4.69, 9.17) is 11.6 Å². The van der Waals surface area contributed by atoms with Crippen molar-refractivity contribution in [1.82, 2.24) is 9.88 Å². The fraction of sp³-hybridized carbons (Fsp3) is 0.583. The van der Waals surface area contributed by atoms with Gasteiger partial charge in [0.05, 0.1) is 0 Å². The van der Waals surface area contributed by atoms with Crippen LogP contribution in [0.2, 0.25) is 5.15 Å². The third-order valence-corrected chi connectivity index (χ3v) is 3.43. The normalized spacial score (nSPS) is 22.2. The van der Waals surface area contributed by atoms with Gasteiger partial charge in [0.25, 0.3) is 0 Å². The number of hydrogen-bond acceptors (Lipinski definition) is 2. The van der Waals surface area contributed by atoms with Crippen LogP contribution in [0.1, 0.15) is 37.1 Å². The van der Waals surface area contributed by atoms with Crippen LogP contribution in [0.4, 0.5) is 0 Å². The van der Waals surface area contributed by atoms with Gasteiger partial charge in [0, 0.05) is 11.7 Å². The molecular weight excluding hydrogens is 208 g/mol. The van der Waals surface area contributed by atoms with Crippen molar-refractivity contribution in [3.8, 4) is 0 Å². The highest BCUT2D eigenvalue weighted by Crippen LogP contribution is 2.33. The predicted octanol–water partition coefficient (Wildman–Crippen LogP) is 3.20. The van der Waals surface area contributed by atoms with E-state index in [-0.39, 0.29) is 0 Å². The summed E-state index contributed by atoms with van der Waals surface area (Å²) in [5.41, 5.74) is 2.42. The predicted molar refractivity (Wildman–Crippen MR) is 63.2 cm³/mol. The number of halogens is 1. The molecule has 1 aromatic rings. The minimum absolute atomic E-state index is 0.555. The van der Waals surface area contributed by atoms with Crippen molar-refractivity contribution in [2.45, 2.75) is 32.7 Å². The van der Waals surface area contributed by atoms with Crippen LogP contribution < -0.4 is 0 Å². The standard InChI is InChI=1S/C12H17ClN2/c1-3-15-8-4-5-11(15)10-6-7-12(13)14-9(10)2/h6-7,11H,3-5,8H2,1-2H3/t11-/m0/s1. The molecule has 0 radical (unpaired) electrons. The summed E-state index contributed by atoms with van der Waals surface area (Å²) in [5.74, 6) is 0. The Morgan fingerprint density at radius 2 is 2.33 bits per heavy atom. The number of aryl methyl sites for hydroxylation is 1. The Kier molecular flexibility index (Phi) is 3.27. The van der Waals surface area contributed by atoms with E-state index in [9.17, 15) is 0 Å². The van der Waals surface area contributed by atoms with Gasteiger partial charge in [-0.2, -0.15) is 0 Å². The number of pyridine rings is 1. The van der Waals surface area contributed by atoms with Crippen LogP contribution in [0.25, 0.3) is 0 Å². The first-order valence-corrected chi connectivity index (χ1v) is 5.97. The highest BCUT2D eigenvalue weighted by molar-refractivity contribution is 6.29. The third kappa shape index (κ3) is 2.16. The van der Waals surface area contributed by atoms with Gasteiger partial charge >= 0.3 is 0 Å². The number of rotatable bonds is 2. The lowest BCUT2D eigenvalue weighted by Gasteiger charge is -2.24. The molecule has 0 spiro atoms. The first-order chi connectivity index (χ1) is 7.22. The average Bonchev–Trinajstić information content (AvgIpc) is 2.65. The first-order valence-electron chi connectivity index (χ1n) is 5.59. The summed E-state index contributed by atoms with van der Waals surface area (Å²) < 4.78 is 0. The van der Waals surface area contributed by atoms with E-state index in [1.807, 2.05) is 13.0 Å². The van der Waals surface area contributed by atoms with Gasteiger partial charge in [0.15, 0.2) is 0 Å². The minimum atomic E-state index is 0.555. The molecule has 2 heterocycles. The molecule has 1 atom stereocenters. The SMILES string of the molecule is CCN1CCC[C@H]1c1ccc(Cl)nc1C. The van der Waals surface area contributed by atoms with Gasteiger partial charge in [-0.25, -0.2) is 4.98 Å². The van der Waals surface area contributed by atoms with E-state index >= 15 is 0 Å². The van der Waals surface area contributed by atoms with Crippen LogP contribution in [-0.4, -0.2) is 23.0 Å². The molecule has 82 valence electrons. The number of hydrogen-bond donors (Lipinski definition) is 0. The van der Waals surface area contributed by atoms with Crippen molar-refractivity contribution in [3.05, 3.63) is 28.5 Å². The molecule has 0 aliphatic carbocycles. The molecule has 1 saturated heterocycles. The zero-order chi connectivity index (χ0) is 10.8. The zero-order valence-corrected chi connectivity index (χ0v) is 10.1. The lowest BCUT2D eigenvalue weighted by molar-refractivity contribution is 0.270. The summed E-state index contributed by atoms with van der Waals surface area (Å²) in [6.07, 6.45) is 2.54. The smallest absolute Gasteiger partial charge is 0.129 e. The molecule has 1 fully saturated rings. The second-order valence-corrected chi connectivity index (χ2v) is 4.48. The highest BCUT2D eigenvalue weighted by Gasteiger charge is 2.25. The van der Waals surface area contributed by atoms with E-state index in [1.165, 1.54) is 24.9 Å². The van der Waals surface area contributed by atoms with Gasteiger partial charge in [0.2, 0.25) is 0 Å². The van der Waals surface area contributed by atoms with Gasteiger partial charge in [-0.1, -0.05) is 24.6 Å². The molecule has 1 aliphatic heterocycles. The number of likely N-dealkylation sites (tertiary alicyclic amines) is 1. The monoisotopic (exact) mass is 224 g/mol. The summed E-state index contributed by atoms with van der Waals surface area (Å²) in [5, 5.41) is 0.595. The van der Waals surface area contributed by atoms with Gasteiger partial charge in [0.1, 0.15) is 5.15 Å². The number of aromatic nitrogens is 1.